The van der Waals surface area contributed by atoms with Crippen molar-refractivity contribution in [3.8, 4) is 17.2 Å². The molecule has 7 N–H and O–H groups in total. The Labute approximate surface area is 196 Å². The summed E-state index contributed by atoms with van der Waals surface area (Å²) in [5.41, 5.74) is -0.0967. The van der Waals surface area contributed by atoms with E-state index in [0.29, 0.717) is 12.8 Å². The van der Waals surface area contributed by atoms with Gasteiger partial charge in [0.2, 0.25) is 0 Å². The lowest BCUT2D eigenvalue weighted by Crippen LogP contribution is -2.59. The summed E-state index contributed by atoms with van der Waals surface area (Å²) in [5, 5.41) is 69.2. The zero-order chi connectivity index (χ0) is 25.2. The van der Waals surface area contributed by atoms with E-state index in [0.717, 1.165) is 24.1 Å². The van der Waals surface area contributed by atoms with Crippen LogP contribution < -0.4 is 0 Å². The summed E-state index contributed by atoms with van der Waals surface area (Å²) in [6.45, 7) is 3.13. The molecule has 1 fully saturated rings. The van der Waals surface area contributed by atoms with Gasteiger partial charge in [0, 0.05) is 0 Å². The van der Waals surface area contributed by atoms with Crippen molar-refractivity contribution in [2.75, 3.05) is 13.2 Å². The molecule has 1 aromatic carbocycles. The van der Waals surface area contributed by atoms with Gasteiger partial charge >= 0.3 is 5.97 Å². The van der Waals surface area contributed by atoms with Crippen molar-refractivity contribution >= 4 is 5.97 Å². The number of hydrogen-bond acceptors (Lipinski definition) is 11. The van der Waals surface area contributed by atoms with Crippen LogP contribution in [0.25, 0.3) is 0 Å². The highest BCUT2D eigenvalue weighted by Crippen LogP contribution is 2.36. The number of rotatable bonds is 7. The van der Waals surface area contributed by atoms with Gasteiger partial charge in [0.25, 0.3) is 0 Å². The van der Waals surface area contributed by atoms with Crippen LogP contribution in [0, 0.1) is 5.92 Å². The molecule has 11 nitrogen and oxygen atoms in total. The van der Waals surface area contributed by atoms with Gasteiger partial charge < -0.3 is 50.0 Å². The van der Waals surface area contributed by atoms with Crippen LogP contribution in [0.15, 0.2) is 23.8 Å². The number of aliphatic hydroxyl groups excluding tert-OH is 3. The second kappa shape index (κ2) is 10.5. The van der Waals surface area contributed by atoms with Gasteiger partial charge in [0.1, 0.15) is 31.0 Å². The molecule has 1 unspecified atom stereocenters. The molecule has 1 aromatic rings. The molecule has 190 valence electrons. The van der Waals surface area contributed by atoms with Crippen molar-refractivity contribution < 1.29 is 54.8 Å². The van der Waals surface area contributed by atoms with Crippen LogP contribution in [0.2, 0.25) is 0 Å². The molecule has 1 saturated heterocycles. The molecule has 2 aliphatic rings. The fourth-order valence-corrected chi connectivity index (χ4v) is 4.01. The van der Waals surface area contributed by atoms with Crippen LogP contribution in [0.3, 0.4) is 0 Å². The number of carbonyl (C=O) groups is 1. The third kappa shape index (κ3) is 5.98. The van der Waals surface area contributed by atoms with E-state index in [2.05, 4.69) is 0 Å². The molecule has 0 aromatic heterocycles. The minimum absolute atomic E-state index is 0.113. The Balaban J connectivity index is 1.57. The molecule has 0 saturated carbocycles. The Morgan fingerprint density at radius 2 is 1.74 bits per heavy atom. The molecule has 1 aliphatic carbocycles. The van der Waals surface area contributed by atoms with E-state index in [9.17, 15) is 40.5 Å². The Morgan fingerprint density at radius 3 is 2.29 bits per heavy atom. The van der Waals surface area contributed by atoms with E-state index >= 15 is 0 Å². The monoisotopic (exact) mass is 484 g/mol. The maximum Gasteiger partial charge on any atom is 0.338 e. The first-order chi connectivity index (χ1) is 15.9. The van der Waals surface area contributed by atoms with Crippen molar-refractivity contribution in [2.45, 2.75) is 69.4 Å². The number of allylic oxidation sites excluding steroid dienone is 1. The van der Waals surface area contributed by atoms with Crippen LogP contribution in [-0.2, 0) is 14.2 Å². The molecule has 3 rings (SSSR count). The van der Waals surface area contributed by atoms with Gasteiger partial charge in [-0.1, -0.05) is 6.08 Å². The number of aromatic hydroxyl groups is 3. The highest BCUT2D eigenvalue weighted by molar-refractivity contribution is 5.91. The van der Waals surface area contributed by atoms with Gasteiger partial charge in [0.05, 0.1) is 17.8 Å². The summed E-state index contributed by atoms with van der Waals surface area (Å²) in [4.78, 5) is 12.2. The molecule has 11 heteroatoms. The molecule has 0 spiro atoms. The molecule has 1 heterocycles. The van der Waals surface area contributed by atoms with Crippen LogP contribution in [0.1, 0.15) is 43.5 Å². The van der Waals surface area contributed by atoms with E-state index in [-0.39, 0.29) is 18.1 Å². The number of hydrogen-bond donors (Lipinski definition) is 7. The van der Waals surface area contributed by atoms with Gasteiger partial charge in [-0.15, -0.1) is 0 Å². The van der Waals surface area contributed by atoms with Gasteiger partial charge in [-0.05, 0) is 56.7 Å². The number of carbonyl (C=O) groups excluding carboxylic acids is 1. The number of benzene rings is 1. The number of phenolic OH excluding ortho intramolecular Hbond substituents is 3. The summed E-state index contributed by atoms with van der Waals surface area (Å²) in [5.74, 6) is -3.10. The van der Waals surface area contributed by atoms with Crippen molar-refractivity contribution in [3.63, 3.8) is 0 Å². The van der Waals surface area contributed by atoms with E-state index in [1.165, 1.54) is 0 Å². The summed E-state index contributed by atoms with van der Waals surface area (Å²) < 4.78 is 16.2. The fourth-order valence-electron chi connectivity index (χ4n) is 4.01. The van der Waals surface area contributed by atoms with Gasteiger partial charge in [-0.25, -0.2) is 4.79 Å². The molecular formula is C23H32O11. The molecule has 0 bridgehead atoms. The molecule has 0 amide bonds. The van der Waals surface area contributed by atoms with Crippen molar-refractivity contribution in [1.82, 2.24) is 0 Å². The third-order valence-electron chi connectivity index (χ3n) is 6.29. The Morgan fingerprint density at radius 1 is 1.09 bits per heavy atom. The van der Waals surface area contributed by atoms with E-state index in [1.807, 2.05) is 6.08 Å². The first kappa shape index (κ1) is 26.2. The molecule has 6 atom stereocenters. The van der Waals surface area contributed by atoms with Crippen LogP contribution in [-0.4, -0.2) is 91.2 Å². The zero-order valence-electron chi connectivity index (χ0n) is 19.0. The van der Waals surface area contributed by atoms with E-state index in [4.69, 9.17) is 14.2 Å². The normalized spacial score (nSPS) is 30.0. The minimum atomic E-state index is -1.62. The summed E-state index contributed by atoms with van der Waals surface area (Å²) in [7, 11) is 0. The lowest BCUT2D eigenvalue weighted by molar-refractivity contribution is -0.298. The first-order valence-electron chi connectivity index (χ1n) is 11.0. The van der Waals surface area contributed by atoms with Gasteiger partial charge in [-0.2, -0.15) is 0 Å². The second-order valence-corrected chi connectivity index (χ2v) is 9.27. The number of esters is 1. The molecule has 1 aliphatic heterocycles. The van der Waals surface area contributed by atoms with Crippen LogP contribution in [0.4, 0.5) is 0 Å². The summed E-state index contributed by atoms with van der Waals surface area (Å²) >= 11 is 0. The minimum Gasteiger partial charge on any atom is -0.504 e. The van der Waals surface area contributed by atoms with E-state index in [1.54, 1.807) is 13.8 Å². The van der Waals surface area contributed by atoms with Crippen LogP contribution >= 0.6 is 0 Å². The molecule has 0 radical (unpaired) electrons. The van der Waals surface area contributed by atoms with Crippen LogP contribution in [0.5, 0.6) is 17.2 Å². The maximum atomic E-state index is 12.2. The average molecular weight is 484 g/mol. The van der Waals surface area contributed by atoms with E-state index < -0.39 is 66.1 Å². The first-order valence-corrected chi connectivity index (χ1v) is 11.0. The number of aliphatic hydroxyl groups is 4. The predicted molar refractivity (Wildman–Crippen MR) is 116 cm³/mol. The highest BCUT2D eigenvalue weighted by Gasteiger charge is 2.45. The topological polar surface area (TPSA) is 186 Å². The number of ether oxygens (including phenoxy) is 3. The smallest absolute Gasteiger partial charge is 0.338 e. The largest absolute Gasteiger partial charge is 0.504 e. The van der Waals surface area contributed by atoms with Crippen molar-refractivity contribution in [3.05, 3.63) is 29.3 Å². The number of phenols is 3. The highest BCUT2D eigenvalue weighted by atomic mass is 16.7. The average Bonchev–Trinajstić information content (AvgIpc) is 2.79. The van der Waals surface area contributed by atoms with Gasteiger partial charge in [0.15, 0.2) is 23.5 Å². The Bertz CT molecular complexity index is 884. The third-order valence-corrected chi connectivity index (χ3v) is 6.29. The van der Waals surface area contributed by atoms with Crippen molar-refractivity contribution in [2.24, 2.45) is 5.92 Å². The lowest BCUT2D eigenvalue weighted by atomic mass is 9.80. The quantitative estimate of drug-likeness (QED) is 0.160. The Kier molecular flexibility index (Phi) is 8.06. The molecular weight excluding hydrogens is 452 g/mol. The Hall–Kier alpha value is -2.41. The standard InChI is InChI=1S/C23H32O11/c1-23(2,31)13-5-3-11(4-6-13)9-33-22-20(29)19(28)18(27)16(34-22)10-32-21(30)12-7-14(24)17(26)15(25)8-12/h3,7-8,13,16,18-20,22,24-29,31H,4-6,9-10H2,1-2H3/t13?,16-,18-,19+,20-,22-/m1/s1. The fraction of sp³-hybridized carbons (Fsp3) is 0.609. The molecule has 34 heavy (non-hydrogen) atoms. The van der Waals surface area contributed by atoms with Crippen molar-refractivity contribution in [1.29, 1.82) is 0 Å². The maximum absolute atomic E-state index is 12.2. The zero-order valence-corrected chi connectivity index (χ0v) is 19.0. The lowest BCUT2D eigenvalue weighted by Gasteiger charge is -2.40. The predicted octanol–water partition coefficient (Wildman–Crippen LogP) is 0.282. The summed E-state index contributed by atoms with van der Waals surface area (Å²) in [6.07, 6.45) is -3.16. The van der Waals surface area contributed by atoms with Gasteiger partial charge in [-0.3, -0.25) is 0 Å². The summed E-state index contributed by atoms with van der Waals surface area (Å²) in [6, 6.07) is 1.78. The second-order valence-electron chi connectivity index (χ2n) is 9.27. The SMILES string of the molecule is CC(C)(O)C1CC=C(CO[C@@H]2O[C@H](COC(=O)c3cc(O)c(O)c(O)c3)[C@@H](O)[C@H](O)[C@H]2O)CC1.